The van der Waals surface area contributed by atoms with Gasteiger partial charge in [-0.3, -0.25) is 0 Å². The number of nitrogens with two attached hydrogens (primary N) is 1. The van der Waals surface area contributed by atoms with Gasteiger partial charge in [0.25, 0.3) is 0 Å². The number of benzene rings is 1. The van der Waals surface area contributed by atoms with Crippen molar-refractivity contribution in [3.63, 3.8) is 0 Å². The lowest BCUT2D eigenvalue weighted by Gasteiger charge is -2.15. The highest BCUT2D eigenvalue weighted by molar-refractivity contribution is 5.83. The second kappa shape index (κ2) is 4.15. The monoisotopic (exact) mass is 239 g/mol. The van der Waals surface area contributed by atoms with Crippen LogP contribution in [0.2, 0.25) is 0 Å². The minimum absolute atomic E-state index is 0.225. The third kappa shape index (κ3) is 1.79. The summed E-state index contributed by atoms with van der Waals surface area (Å²) < 4.78 is 2.28. The molecule has 0 spiro atoms. The molecule has 3 heteroatoms. The van der Waals surface area contributed by atoms with E-state index in [9.17, 15) is 0 Å². The molecular weight excluding hydrogens is 222 g/mol. The number of para-hydroxylation sites is 1. The maximum Gasteiger partial charge on any atom is 0.0628 e. The first-order chi connectivity index (χ1) is 8.78. The van der Waals surface area contributed by atoms with Crippen molar-refractivity contribution in [2.75, 3.05) is 0 Å². The van der Waals surface area contributed by atoms with Crippen molar-refractivity contribution in [2.45, 2.75) is 32.4 Å². The zero-order valence-electron chi connectivity index (χ0n) is 10.4. The van der Waals surface area contributed by atoms with E-state index >= 15 is 0 Å². The molecule has 0 amide bonds. The summed E-state index contributed by atoms with van der Waals surface area (Å²) in [5, 5.41) is 10.1. The van der Waals surface area contributed by atoms with Crippen molar-refractivity contribution in [3.05, 3.63) is 36.0 Å². The molecule has 3 nitrogen and oxygen atoms in total. The third-order valence-electron chi connectivity index (χ3n) is 4.01. The van der Waals surface area contributed by atoms with Crippen molar-refractivity contribution < 1.29 is 0 Å². The number of hydrogen-bond donors (Lipinski definition) is 1. The minimum Gasteiger partial charge on any atom is -0.347 e. The van der Waals surface area contributed by atoms with E-state index in [0.29, 0.717) is 13.0 Å². The third-order valence-corrected chi connectivity index (χ3v) is 4.01. The van der Waals surface area contributed by atoms with Crippen LogP contribution < -0.4 is 5.73 Å². The first-order valence-electron chi connectivity index (χ1n) is 6.42. The predicted molar refractivity (Wildman–Crippen MR) is 71.7 cm³/mol. The van der Waals surface area contributed by atoms with Crippen molar-refractivity contribution >= 4 is 10.9 Å². The van der Waals surface area contributed by atoms with Crippen LogP contribution in [0.15, 0.2) is 30.5 Å². The van der Waals surface area contributed by atoms with E-state index in [1.54, 1.807) is 0 Å². The van der Waals surface area contributed by atoms with Crippen LogP contribution in [0.3, 0.4) is 0 Å². The summed E-state index contributed by atoms with van der Waals surface area (Å²) in [6, 6.07) is 10.7. The lowest BCUT2D eigenvalue weighted by Crippen LogP contribution is -2.11. The summed E-state index contributed by atoms with van der Waals surface area (Å²) in [5.41, 5.74) is 8.47. The van der Waals surface area contributed by atoms with Crippen LogP contribution in [0.1, 0.15) is 24.8 Å². The van der Waals surface area contributed by atoms with Crippen LogP contribution in [0.25, 0.3) is 10.9 Å². The lowest BCUT2D eigenvalue weighted by atomic mass is 10.0. The van der Waals surface area contributed by atoms with Crippen molar-refractivity contribution in [2.24, 2.45) is 11.1 Å². The smallest absolute Gasteiger partial charge is 0.0628 e. The van der Waals surface area contributed by atoms with Crippen LogP contribution in [0.4, 0.5) is 0 Å². The fraction of sp³-hybridized carbons (Fsp3) is 0.400. The normalized spacial score (nSPS) is 16.7. The van der Waals surface area contributed by atoms with E-state index in [-0.39, 0.29) is 5.41 Å². The Morgan fingerprint density at radius 3 is 2.83 bits per heavy atom. The van der Waals surface area contributed by atoms with Gasteiger partial charge in [-0.05, 0) is 29.9 Å². The molecule has 2 N–H and O–H groups in total. The number of fused-ring (bicyclic) bond motifs is 1. The van der Waals surface area contributed by atoms with Crippen LogP contribution in [-0.2, 0) is 13.1 Å². The standard InChI is InChI=1S/C15H17N3/c16-8-7-15(5-6-15)11-18-9-4-12-2-1-3-13(10-17)14(12)18/h1-4,9H,5-7,10-11,17H2. The SMILES string of the molecule is N#CCC1(Cn2ccc3cccc(CN)c32)CC1. The average molecular weight is 239 g/mol. The Kier molecular flexibility index (Phi) is 2.61. The first-order valence-corrected chi connectivity index (χ1v) is 6.42. The topological polar surface area (TPSA) is 54.7 Å². The van der Waals surface area contributed by atoms with Gasteiger partial charge in [-0.2, -0.15) is 5.26 Å². The van der Waals surface area contributed by atoms with Crippen LogP contribution in [0, 0.1) is 16.7 Å². The van der Waals surface area contributed by atoms with Gasteiger partial charge < -0.3 is 10.3 Å². The van der Waals surface area contributed by atoms with E-state index in [0.717, 1.165) is 6.54 Å². The van der Waals surface area contributed by atoms with Crippen molar-refractivity contribution in [1.29, 1.82) is 5.26 Å². The van der Waals surface area contributed by atoms with Crippen LogP contribution in [0.5, 0.6) is 0 Å². The molecule has 92 valence electrons. The predicted octanol–water partition coefficient (Wildman–Crippen LogP) is 2.79. The Bertz CT molecular complexity index is 614. The molecule has 1 saturated carbocycles. The largest absolute Gasteiger partial charge is 0.347 e. The van der Waals surface area contributed by atoms with E-state index in [2.05, 4.69) is 41.1 Å². The fourth-order valence-corrected chi connectivity index (χ4v) is 2.73. The summed E-state index contributed by atoms with van der Waals surface area (Å²) in [6.07, 6.45) is 5.13. The molecule has 1 aliphatic carbocycles. The molecule has 0 atom stereocenters. The summed E-state index contributed by atoms with van der Waals surface area (Å²) in [6.45, 7) is 1.51. The van der Waals surface area contributed by atoms with Gasteiger partial charge in [-0.15, -0.1) is 0 Å². The second-order valence-corrected chi connectivity index (χ2v) is 5.34. The Balaban J connectivity index is 2.00. The number of nitriles is 1. The van der Waals surface area contributed by atoms with Crippen LogP contribution >= 0.6 is 0 Å². The number of hydrogen-bond acceptors (Lipinski definition) is 2. The Hall–Kier alpha value is -1.79. The fourth-order valence-electron chi connectivity index (χ4n) is 2.73. The van der Waals surface area contributed by atoms with E-state index in [1.165, 1.54) is 29.3 Å². The highest BCUT2D eigenvalue weighted by Crippen LogP contribution is 2.50. The Morgan fingerprint density at radius 2 is 2.17 bits per heavy atom. The second-order valence-electron chi connectivity index (χ2n) is 5.34. The highest BCUT2D eigenvalue weighted by atomic mass is 15.0. The summed E-state index contributed by atoms with van der Waals surface area (Å²) >= 11 is 0. The maximum absolute atomic E-state index is 8.91. The van der Waals surface area contributed by atoms with Crippen molar-refractivity contribution in [1.82, 2.24) is 4.57 Å². The molecule has 2 aromatic rings. The molecule has 1 aliphatic rings. The molecule has 0 bridgehead atoms. The van der Waals surface area contributed by atoms with Gasteiger partial charge in [0, 0.05) is 31.1 Å². The number of aromatic nitrogens is 1. The zero-order valence-corrected chi connectivity index (χ0v) is 10.4. The van der Waals surface area contributed by atoms with Crippen LogP contribution in [-0.4, -0.2) is 4.57 Å². The molecule has 1 aromatic heterocycles. The Morgan fingerprint density at radius 1 is 1.33 bits per heavy atom. The number of nitrogens with zero attached hydrogens (tertiary/aromatic N) is 2. The summed E-state index contributed by atoms with van der Waals surface area (Å²) in [4.78, 5) is 0. The molecule has 0 unspecified atom stereocenters. The van der Waals surface area contributed by atoms with Gasteiger partial charge in [0.05, 0.1) is 11.6 Å². The molecule has 0 aliphatic heterocycles. The number of rotatable bonds is 4. The molecule has 0 saturated heterocycles. The molecule has 0 radical (unpaired) electrons. The lowest BCUT2D eigenvalue weighted by molar-refractivity contribution is 0.439. The molecule has 1 fully saturated rings. The van der Waals surface area contributed by atoms with E-state index < -0.39 is 0 Å². The minimum atomic E-state index is 0.225. The molecule has 1 heterocycles. The Labute approximate surface area is 107 Å². The van der Waals surface area contributed by atoms with Crippen molar-refractivity contribution in [3.8, 4) is 6.07 Å². The summed E-state index contributed by atoms with van der Waals surface area (Å²) in [5.74, 6) is 0. The summed E-state index contributed by atoms with van der Waals surface area (Å²) in [7, 11) is 0. The maximum atomic E-state index is 8.91. The van der Waals surface area contributed by atoms with Gasteiger partial charge in [0.1, 0.15) is 0 Å². The highest BCUT2D eigenvalue weighted by Gasteiger charge is 2.42. The molecule has 1 aromatic carbocycles. The van der Waals surface area contributed by atoms with Gasteiger partial charge in [0.2, 0.25) is 0 Å². The quantitative estimate of drug-likeness (QED) is 0.892. The van der Waals surface area contributed by atoms with Gasteiger partial charge in [-0.25, -0.2) is 0 Å². The molecule has 3 rings (SSSR count). The molecular formula is C15H17N3. The molecule has 18 heavy (non-hydrogen) atoms. The van der Waals surface area contributed by atoms with Gasteiger partial charge >= 0.3 is 0 Å². The van der Waals surface area contributed by atoms with E-state index in [1.807, 2.05) is 0 Å². The zero-order chi connectivity index (χ0) is 12.6. The first kappa shape index (κ1) is 11.3. The van der Waals surface area contributed by atoms with Gasteiger partial charge in [-0.1, -0.05) is 18.2 Å². The van der Waals surface area contributed by atoms with E-state index in [4.69, 9.17) is 11.0 Å². The average Bonchev–Trinajstić information content (AvgIpc) is 3.02. The van der Waals surface area contributed by atoms with Gasteiger partial charge in [0.15, 0.2) is 0 Å².